The second-order valence-corrected chi connectivity index (χ2v) is 46.7. The first-order chi connectivity index (χ1) is 68.4. The molecule has 0 saturated heterocycles. The Morgan fingerprint density at radius 3 is 0.731 bits per heavy atom. The lowest BCUT2D eigenvalue weighted by Gasteiger charge is -2.19. The van der Waals surface area contributed by atoms with Crippen LogP contribution in [0, 0.1) is 13.8 Å². The molecule has 0 unspecified atom stereocenters. The largest absolute Gasteiger partial charge is 0.497 e. The van der Waals surface area contributed by atoms with Gasteiger partial charge in [0, 0.05) is 78.2 Å². The van der Waals surface area contributed by atoms with Crippen LogP contribution in [0.3, 0.4) is 0 Å². The van der Waals surface area contributed by atoms with Gasteiger partial charge in [-0.25, -0.2) is 79.3 Å². The zero-order valence-corrected chi connectivity index (χ0v) is 87.6. The zero-order chi connectivity index (χ0) is 105. The summed E-state index contributed by atoms with van der Waals surface area (Å²) in [7, 11) is -15.0. The smallest absolute Gasteiger partial charge is 0.355 e. The molecule has 12 aromatic carbocycles. The zero-order valence-electron chi connectivity index (χ0n) is 78.8. The van der Waals surface area contributed by atoms with Crippen LogP contribution in [0.4, 0.5) is 0 Å². The summed E-state index contributed by atoms with van der Waals surface area (Å²) < 4.78 is 215. The molecule has 6 aromatic heterocycles. The van der Waals surface area contributed by atoms with Gasteiger partial charge >= 0.3 is 33.8 Å². The van der Waals surface area contributed by atoms with Crippen molar-refractivity contribution >= 4 is 176 Å². The molecule has 0 atom stereocenters. The Morgan fingerprint density at radius 1 is 0.262 bits per heavy atom. The number of hydrogen-bond acceptors (Lipinski definition) is 30. The van der Waals surface area contributed by atoms with E-state index in [2.05, 4.69) is 15.9 Å². The Bertz CT molecular complexity index is 8880. The van der Waals surface area contributed by atoms with Crippen LogP contribution in [0.5, 0.6) is 34.5 Å². The predicted molar refractivity (Wildman–Crippen MR) is 551 cm³/mol. The minimum Gasteiger partial charge on any atom is -0.497 e. The highest BCUT2D eigenvalue weighted by atomic mass is 79.9. The van der Waals surface area contributed by atoms with Gasteiger partial charge in [-0.05, 0) is 260 Å². The minimum atomic E-state index is -4.10. The molecule has 0 amide bonds. The fraction of sp³-hybridized carbons (Fsp3) is 0.143. The molecular formula is C105H86BrCl3O30S6. The number of rotatable bonds is 19. The number of hydrogen-bond donors (Lipinski definition) is 0. The molecule has 0 aliphatic heterocycles. The molecule has 18 rings (SSSR count). The predicted octanol–water partition coefficient (Wildman–Crippen LogP) is 21.6. The van der Waals surface area contributed by atoms with Crippen LogP contribution >= 0.6 is 50.7 Å². The van der Waals surface area contributed by atoms with Crippen molar-refractivity contribution in [1.82, 2.24) is 0 Å². The van der Waals surface area contributed by atoms with Gasteiger partial charge in [0.25, 0.3) is 0 Å². The summed E-state index contributed by atoms with van der Waals surface area (Å²) in [6.07, 6.45) is 0. The molecule has 0 saturated carbocycles. The highest BCUT2D eigenvalue weighted by molar-refractivity contribution is 9.10. The number of methoxy groups -OCH3 is 6. The lowest BCUT2D eigenvalue weighted by molar-refractivity contribution is 0.413. The first-order valence-electron chi connectivity index (χ1n) is 42.9. The van der Waals surface area contributed by atoms with Crippen molar-refractivity contribution in [3.8, 4) is 34.5 Å². The van der Waals surface area contributed by atoms with Crippen LogP contribution in [0.15, 0.2) is 398 Å². The van der Waals surface area contributed by atoms with Crippen molar-refractivity contribution in [2.45, 2.75) is 119 Å². The van der Waals surface area contributed by atoms with Crippen molar-refractivity contribution < 1.29 is 105 Å². The molecule has 0 spiro atoms. The molecule has 30 nitrogen and oxygen atoms in total. The molecule has 0 aliphatic carbocycles. The molecule has 18 aromatic rings. The Labute approximate surface area is 853 Å². The van der Waals surface area contributed by atoms with Gasteiger partial charge < -0.3 is 54.9 Å². The highest BCUT2D eigenvalue weighted by Gasteiger charge is 2.32. The van der Waals surface area contributed by atoms with Gasteiger partial charge in [0.15, 0.2) is 29.4 Å². The van der Waals surface area contributed by atoms with Gasteiger partial charge in [0.2, 0.25) is 59.0 Å². The van der Waals surface area contributed by atoms with Crippen molar-refractivity contribution in [2.75, 3.05) is 42.7 Å². The summed E-state index contributed by atoms with van der Waals surface area (Å²) in [4.78, 5) is 70.8. The van der Waals surface area contributed by atoms with E-state index in [-0.39, 0.29) is 98.9 Å². The minimum absolute atomic E-state index is 0.0259. The van der Waals surface area contributed by atoms with Gasteiger partial charge in [-0.2, -0.15) is 0 Å². The van der Waals surface area contributed by atoms with E-state index in [1.54, 1.807) is 140 Å². The number of aryl methyl sites for hydroxylation is 2. The van der Waals surface area contributed by atoms with Crippen molar-refractivity contribution in [3.05, 3.63) is 383 Å². The molecule has 145 heavy (non-hydrogen) atoms. The SMILES string of the molecule is COc1ccc2cc(S(=O)(=O)c3ccc(Br)cc3)c(=O)oc2c1.COc1ccc2cc(S(=O)(=O)c3ccc(C(C)(C)C)cc3)c(=O)oc2c1.COc1ccc2cc(S(=O)(=O)c3ccc(C(C)C)cc3)c(=O)oc2c1.COc1ccc2cc(S(=O)(=O)c3ccc(C)c(C)c3)c(=O)oc2c1.COc1ccc2cc(S(=O)(=O)c3ccc(Cl)c(Cl)c3)c(=O)oc2c1.COc1ccc2cc(S(=O)(=O)c3ccc(Cl)cc3)c(=O)oc2c1. The molecule has 0 fully saturated rings. The van der Waals surface area contributed by atoms with Crippen molar-refractivity contribution in [3.63, 3.8) is 0 Å². The van der Waals surface area contributed by atoms with Gasteiger partial charge in [-0.3, -0.25) is 0 Å². The van der Waals surface area contributed by atoms with E-state index in [4.69, 9.17) is 89.7 Å². The summed E-state index contributed by atoms with van der Waals surface area (Å²) >= 11 is 20.7. The van der Waals surface area contributed by atoms with Gasteiger partial charge in [0.1, 0.15) is 68.0 Å². The lowest BCUT2D eigenvalue weighted by atomic mass is 9.87. The third kappa shape index (κ3) is 24.2. The van der Waals surface area contributed by atoms with Crippen LogP contribution in [0.1, 0.15) is 62.8 Å². The maximum Gasteiger partial charge on any atom is 0.355 e. The van der Waals surface area contributed by atoms with E-state index in [0.29, 0.717) is 71.8 Å². The standard InChI is InChI=1S/C20H20O5S.C19H18O5S.C18H16O5S.C16H11BrO5S.C16H10Cl2O5S.C16H11ClO5S/c1-20(2,3)14-6-9-16(10-7-14)26(22,23)18-11-13-5-8-15(24-4)12-17(13)25-19(18)21;1-12(2)13-5-8-16(9-6-13)25(21,22)18-10-14-4-7-15(23-3)11-17(14)24-19(18)20;1-11-4-7-15(8-12(11)2)24(20,21)17-9-13-5-6-14(22-3)10-16(13)23-18(17)19;1-21-12-5-2-10-8-15(16(18)22-14(10)9-12)23(19,20)13-6-3-11(17)4-7-13;1-22-10-3-2-9-6-15(16(19)23-14(9)7-10)24(20,21)11-4-5-12(17)13(18)8-11;1-21-12-5-2-10-8-15(16(18)22-14(10)9-12)23(19,20)13-6-3-11(17)4-7-13/h5-12H,1-4H3;4-12H,1-3H3;4-10H,1-3H3;2-9H,1H3;2-8H,1H3;2-9H,1H3. The first kappa shape index (κ1) is 108. The normalized spacial score (nSPS) is 11.8. The van der Waals surface area contributed by atoms with Crippen LogP contribution in [0.2, 0.25) is 15.1 Å². The fourth-order valence-corrected chi connectivity index (χ4v) is 22.6. The number of ether oxygens (including phenoxy) is 6. The second kappa shape index (κ2) is 44.1. The third-order valence-corrected chi connectivity index (χ3v) is 34.4. The highest BCUT2D eigenvalue weighted by Crippen LogP contribution is 2.36. The fourth-order valence-electron chi connectivity index (χ4n) is 14.0. The average Bonchev–Trinajstić information content (AvgIpc) is 0.799. The maximum atomic E-state index is 12.9. The summed E-state index contributed by atoms with van der Waals surface area (Å²) in [5.41, 5.74) is -0.162. The van der Waals surface area contributed by atoms with Crippen molar-refractivity contribution in [2.24, 2.45) is 0 Å². The quantitative estimate of drug-likeness (QED) is 0.0678. The van der Waals surface area contributed by atoms with Crippen LogP contribution < -0.4 is 62.2 Å². The van der Waals surface area contributed by atoms with Gasteiger partial charge in [-0.15, -0.1) is 0 Å². The van der Waals surface area contributed by atoms with Gasteiger partial charge in [0.05, 0.1) is 82.1 Å². The van der Waals surface area contributed by atoms with Crippen LogP contribution in [-0.2, 0) is 64.4 Å². The van der Waals surface area contributed by atoms with E-state index < -0.39 is 107 Å². The first-order valence-corrected chi connectivity index (χ1v) is 53.7. The number of halogens is 4. The number of fused-ring (bicyclic) bond motifs is 6. The Kier molecular flexibility index (Phi) is 32.9. The molecule has 0 N–H and O–H groups in total. The topological polar surface area (TPSA) is 441 Å². The molecule has 6 heterocycles. The Balaban J connectivity index is 0.000000146. The summed E-state index contributed by atoms with van der Waals surface area (Å²) in [5.74, 6) is 3.38. The summed E-state index contributed by atoms with van der Waals surface area (Å²) in [6.45, 7) is 13.9. The van der Waals surface area contributed by atoms with E-state index >= 15 is 0 Å². The second-order valence-electron chi connectivity index (χ2n) is 33.1. The monoisotopic (exact) mass is 2200 g/mol. The Morgan fingerprint density at radius 2 is 0.490 bits per heavy atom. The molecule has 750 valence electrons. The van der Waals surface area contributed by atoms with E-state index in [9.17, 15) is 79.3 Å². The van der Waals surface area contributed by atoms with Gasteiger partial charge in [-0.1, -0.05) is 116 Å². The lowest BCUT2D eigenvalue weighted by Crippen LogP contribution is -2.15. The molecule has 40 heteroatoms. The molecular weight excluding hydrogens is 2120 g/mol. The molecule has 0 radical (unpaired) electrons. The van der Waals surface area contributed by atoms with Crippen molar-refractivity contribution in [1.29, 1.82) is 0 Å². The molecule has 0 bridgehead atoms. The Hall–Kier alpha value is -14.3. The average molecular weight is 2210 g/mol. The van der Waals surface area contributed by atoms with E-state index in [1.807, 2.05) is 48.5 Å². The third-order valence-electron chi connectivity index (χ3n) is 22.3. The number of sulfone groups is 6. The maximum absolute atomic E-state index is 12.9. The van der Waals surface area contributed by atoms with E-state index in [0.717, 1.165) is 26.7 Å². The van der Waals surface area contributed by atoms with E-state index in [1.165, 1.54) is 182 Å². The molecule has 0 aliphatic rings. The summed E-state index contributed by atoms with van der Waals surface area (Å²) in [5, 5.41) is 3.67. The van der Waals surface area contributed by atoms with Crippen LogP contribution in [-0.4, -0.2) is 93.2 Å². The summed E-state index contributed by atoms with van der Waals surface area (Å²) in [6, 6.07) is 70.2. The number of benzene rings is 12. The van der Waals surface area contributed by atoms with Crippen LogP contribution in [0.25, 0.3) is 65.8 Å².